The van der Waals surface area contributed by atoms with Crippen LogP contribution in [-0.4, -0.2) is 20.1 Å². The van der Waals surface area contributed by atoms with E-state index in [1.807, 2.05) is 26.0 Å². The molecule has 0 aromatic heterocycles. The van der Waals surface area contributed by atoms with E-state index in [1.54, 1.807) is 6.07 Å². The molecule has 0 saturated heterocycles. The predicted octanol–water partition coefficient (Wildman–Crippen LogP) is 4.93. The monoisotopic (exact) mass is 380 g/mol. The van der Waals surface area contributed by atoms with Gasteiger partial charge >= 0.3 is 12.2 Å². The number of carbonyl (C=O) groups excluding carboxylic acids is 1. The molecule has 0 spiro atoms. The number of nitrogens with one attached hydrogen (secondary N) is 1. The summed E-state index contributed by atoms with van der Waals surface area (Å²) in [5.74, 6) is 0.512. The number of rotatable bonds is 5. The number of alkyl halides is 3. The summed E-state index contributed by atoms with van der Waals surface area (Å²) in [6.07, 6.45) is -3.70. The maximum Gasteiger partial charge on any atom is 0.416 e. The second-order valence-electron chi connectivity index (χ2n) is 6.16. The lowest BCUT2D eigenvalue weighted by Gasteiger charge is -2.23. The fourth-order valence-electron chi connectivity index (χ4n) is 2.83. The Balaban J connectivity index is 2.42. The summed E-state index contributed by atoms with van der Waals surface area (Å²) in [6, 6.07) is 8.81. The van der Waals surface area contributed by atoms with Crippen LogP contribution in [0.25, 0.3) is 0 Å². The molecule has 27 heavy (non-hydrogen) atoms. The van der Waals surface area contributed by atoms with Crippen molar-refractivity contribution in [3.63, 3.8) is 0 Å². The van der Waals surface area contributed by atoms with Crippen molar-refractivity contribution in [3.05, 3.63) is 58.7 Å². The van der Waals surface area contributed by atoms with E-state index in [2.05, 4.69) is 5.32 Å². The molecule has 2 aromatic rings. The van der Waals surface area contributed by atoms with Crippen molar-refractivity contribution in [2.45, 2.75) is 33.1 Å². The fraction of sp³-hybridized carbons (Fsp3) is 0.350. The molecule has 2 aromatic carbocycles. The Morgan fingerprint density at radius 1 is 1.22 bits per heavy atom. The van der Waals surface area contributed by atoms with Gasteiger partial charge in [0.15, 0.2) is 0 Å². The van der Waals surface area contributed by atoms with Crippen molar-refractivity contribution in [1.29, 1.82) is 0 Å². The highest BCUT2D eigenvalue weighted by atomic mass is 19.4. The van der Waals surface area contributed by atoms with E-state index in [9.17, 15) is 18.0 Å². The van der Waals surface area contributed by atoms with Crippen molar-refractivity contribution in [1.82, 2.24) is 5.32 Å². The third-order valence-corrected chi connectivity index (χ3v) is 4.36. The van der Waals surface area contributed by atoms with Gasteiger partial charge in [-0.05, 0) is 42.7 Å². The molecule has 0 atom stereocenters. The fourth-order valence-corrected chi connectivity index (χ4v) is 2.83. The van der Waals surface area contributed by atoms with Crippen molar-refractivity contribution in [3.8, 4) is 5.75 Å². The van der Waals surface area contributed by atoms with Gasteiger partial charge in [-0.1, -0.05) is 25.1 Å². The van der Waals surface area contributed by atoms with Crippen LogP contribution in [0.15, 0.2) is 36.4 Å². The highest BCUT2D eigenvalue weighted by Gasteiger charge is 2.35. The van der Waals surface area contributed by atoms with E-state index >= 15 is 0 Å². The minimum atomic E-state index is -4.56. The van der Waals surface area contributed by atoms with Gasteiger partial charge < -0.3 is 10.1 Å². The Bertz CT molecular complexity index is 819. The smallest absolute Gasteiger partial charge is 0.416 e. The van der Waals surface area contributed by atoms with E-state index in [4.69, 9.17) is 4.74 Å². The average Bonchev–Trinajstić information content (AvgIpc) is 2.64. The van der Waals surface area contributed by atoms with Crippen LogP contribution in [0.2, 0.25) is 0 Å². The number of halogens is 3. The van der Waals surface area contributed by atoms with E-state index < -0.39 is 17.8 Å². The summed E-state index contributed by atoms with van der Waals surface area (Å²) in [6.45, 7) is 3.57. The largest absolute Gasteiger partial charge is 0.489 e. The first-order valence-corrected chi connectivity index (χ1v) is 8.55. The first kappa shape index (κ1) is 20.6. The molecule has 0 aliphatic heterocycles. The maximum atomic E-state index is 13.5. The number of carbonyl (C=O) groups is 1. The molecule has 0 fully saturated rings. The minimum Gasteiger partial charge on any atom is -0.489 e. The topological polar surface area (TPSA) is 41.6 Å². The van der Waals surface area contributed by atoms with E-state index in [-0.39, 0.29) is 17.9 Å². The molecule has 7 heteroatoms. The number of aryl methyl sites for hydroxylation is 2. The van der Waals surface area contributed by atoms with Crippen molar-refractivity contribution in [2.75, 3.05) is 19.0 Å². The molecule has 0 heterocycles. The maximum absolute atomic E-state index is 13.5. The zero-order chi connectivity index (χ0) is 20.2. The van der Waals surface area contributed by atoms with E-state index in [0.717, 1.165) is 28.5 Å². The number of ether oxygens (including phenoxy) is 1. The molecular formula is C20H23F3N2O2. The van der Waals surface area contributed by atoms with Crippen molar-refractivity contribution in [2.24, 2.45) is 0 Å². The lowest BCUT2D eigenvalue weighted by atomic mass is 10.0. The molecule has 0 radical (unpaired) electrons. The minimum absolute atomic E-state index is 0.0879. The summed E-state index contributed by atoms with van der Waals surface area (Å²) < 4.78 is 46.2. The van der Waals surface area contributed by atoms with Crippen LogP contribution in [0.1, 0.15) is 29.2 Å². The Morgan fingerprint density at radius 2 is 1.93 bits per heavy atom. The summed E-state index contributed by atoms with van der Waals surface area (Å²) in [5, 5.41) is 2.41. The molecule has 0 saturated carbocycles. The van der Waals surface area contributed by atoms with Crippen LogP contribution < -0.4 is 15.0 Å². The number of hydrogen-bond donors (Lipinski definition) is 1. The summed E-state index contributed by atoms with van der Waals surface area (Å²) in [5.41, 5.74) is 1.20. The van der Waals surface area contributed by atoms with Gasteiger partial charge in [0.2, 0.25) is 0 Å². The van der Waals surface area contributed by atoms with Gasteiger partial charge in [-0.2, -0.15) is 13.2 Å². The Hall–Kier alpha value is -2.70. The molecule has 0 aliphatic rings. The number of benzene rings is 2. The van der Waals surface area contributed by atoms with E-state index in [0.29, 0.717) is 5.75 Å². The second kappa shape index (κ2) is 8.33. The van der Waals surface area contributed by atoms with Gasteiger partial charge in [0.05, 0.1) is 11.3 Å². The van der Waals surface area contributed by atoms with Crippen LogP contribution in [0.4, 0.5) is 23.7 Å². The van der Waals surface area contributed by atoms with Gasteiger partial charge in [0.1, 0.15) is 12.4 Å². The highest BCUT2D eigenvalue weighted by molar-refractivity contribution is 5.92. The van der Waals surface area contributed by atoms with Gasteiger partial charge in [0, 0.05) is 19.7 Å². The zero-order valence-corrected chi connectivity index (χ0v) is 15.8. The van der Waals surface area contributed by atoms with Gasteiger partial charge in [0.25, 0.3) is 0 Å². The molecular weight excluding hydrogens is 357 g/mol. The third kappa shape index (κ3) is 4.72. The first-order valence-electron chi connectivity index (χ1n) is 8.55. The molecule has 2 amide bonds. The lowest BCUT2D eigenvalue weighted by molar-refractivity contribution is -0.138. The SMILES string of the molecule is CCc1ccc(OCc2c(N(C)C(=O)NC)cccc2C(F)(F)F)c(C)c1. The third-order valence-electron chi connectivity index (χ3n) is 4.36. The van der Waals surface area contributed by atoms with Crippen molar-refractivity contribution < 1.29 is 22.7 Å². The van der Waals surface area contributed by atoms with Crippen LogP contribution in [0.3, 0.4) is 0 Å². The number of amides is 2. The van der Waals surface area contributed by atoms with Gasteiger partial charge in [-0.25, -0.2) is 4.79 Å². The first-order chi connectivity index (χ1) is 12.7. The molecule has 2 rings (SSSR count). The van der Waals surface area contributed by atoms with Crippen LogP contribution in [0, 0.1) is 6.92 Å². The second-order valence-corrected chi connectivity index (χ2v) is 6.16. The summed E-state index contributed by atoms with van der Waals surface area (Å²) >= 11 is 0. The molecule has 0 bridgehead atoms. The summed E-state index contributed by atoms with van der Waals surface area (Å²) in [4.78, 5) is 13.1. The van der Waals surface area contributed by atoms with Crippen LogP contribution in [0.5, 0.6) is 5.75 Å². The molecule has 146 valence electrons. The standard InChI is InChI=1S/C20H23F3N2O2/c1-5-14-9-10-18(13(2)11-14)27-12-15-16(20(21,22)23)7-6-8-17(15)25(4)19(26)24-3/h6-11H,5,12H2,1-4H3,(H,24,26). The van der Waals surface area contributed by atoms with Gasteiger partial charge in [-0.15, -0.1) is 0 Å². The molecule has 0 aliphatic carbocycles. The Morgan fingerprint density at radius 3 is 2.48 bits per heavy atom. The normalized spacial score (nSPS) is 11.2. The summed E-state index contributed by atoms with van der Waals surface area (Å²) in [7, 11) is 2.83. The van der Waals surface area contributed by atoms with Gasteiger partial charge in [-0.3, -0.25) is 4.90 Å². The van der Waals surface area contributed by atoms with Crippen LogP contribution >= 0.6 is 0 Å². The number of urea groups is 1. The Kier molecular flexibility index (Phi) is 6.36. The zero-order valence-electron chi connectivity index (χ0n) is 15.8. The average molecular weight is 380 g/mol. The molecule has 1 N–H and O–H groups in total. The predicted molar refractivity (Wildman–Crippen MR) is 99.2 cm³/mol. The molecule has 0 unspecified atom stereocenters. The Labute approximate surface area is 156 Å². The number of nitrogens with zero attached hydrogens (tertiary/aromatic N) is 1. The molecule has 4 nitrogen and oxygen atoms in total. The van der Waals surface area contributed by atoms with E-state index in [1.165, 1.54) is 26.2 Å². The lowest BCUT2D eigenvalue weighted by Crippen LogP contribution is -2.35. The van der Waals surface area contributed by atoms with Crippen LogP contribution in [-0.2, 0) is 19.2 Å². The quantitative estimate of drug-likeness (QED) is 0.799. The van der Waals surface area contributed by atoms with Crippen molar-refractivity contribution >= 4 is 11.7 Å². The number of hydrogen-bond acceptors (Lipinski definition) is 2. The number of anilines is 1. The highest BCUT2D eigenvalue weighted by Crippen LogP contribution is 2.37.